The molecule has 2 aromatic rings. The van der Waals surface area contributed by atoms with Gasteiger partial charge in [0.2, 0.25) is 0 Å². The number of fused-ring (bicyclic) bond motifs is 1. The third-order valence-electron chi connectivity index (χ3n) is 4.01. The largest absolute Gasteiger partial charge is 0.440 e. The smallest absolute Gasteiger partial charge is 0.420 e. The van der Waals surface area contributed by atoms with E-state index in [4.69, 9.17) is 4.42 Å². The van der Waals surface area contributed by atoms with Gasteiger partial charge in [-0.3, -0.25) is 0 Å². The monoisotopic (exact) mass is 344 g/mol. The second-order valence-corrected chi connectivity index (χ2v) is 5.71. The van der Waals surface area contributed by atoms with Crippen LogP contribution in [0.4, 0.5) is 13.2 Å². The molecule has 2 unspecified atom stereocenters. The van der Waals surface area contributed by atoms with Gasteiger partial charge < -0.3 is 14.8 Å². The average molecular weight is 344 g/mol. The van der Waals surface area contributed by atoms with Gasteiger partial charge in [-0.15, -0.1) is 0 Å². The Morgan fingerprint density at radius 3 is 2.58 bits per heavy atom. The molecular weight excluding hydrogens is 321 g/mol. The van der Waals surface area contributed by atoms with Crippen molar-refractivity contribution in [3.8, 4) is 0 Å². The molecular formula is C17H23F3N2O2. The van der Waals surface area contributed by atoms with Gasteiger partial charge in [-0.2, -0.15) is 13.2 Å². The first-order valence-corrected chi connectivity index (χ1v) is 8.23. The molecule has 1 fully saturated rings. The second kappa shape index (κ2) is 7.53. The van der Waals surface area contributed by atoms with Gasteiger partial charge in [0.25, 0.3) is 0 Å². The van der Waals surface area contributed by atoms with Crippen LogP contribution in [0.1, 0.15) is 50.1 Å². The van der Waals surface area contributed by atoms with Crippen molar-refractivity contribution in [1.82, 2.24) is 10.3 Å². The minimum absolute atomic E-state index is 0.0657. The first-order valence-electron chi connectivity index (χ1n) is 8.23. The standard InChI is InChI=1S/C15H17F3N2O2.C2H6/c1-8-20-12-6-9(7-19-11-3-2-4-13(11)21)5-10(14(12)22-8)15(16,17)18;1-2/h5-6,11,13,19,21H,2-4,7H2,1H3;1-2H3. The van der Waals surface area contributed by atoms with Crippen LogP contribution in [-0.2, 0) is 12.7 Å². The molecule has 4 nitrogen and oxygen atoms in total. The lowest BCUT2D eigenvalue weighted by Crippen LogP contribution is -2.35. The third kappa shape index (κ3) is 4.08. The van der Waals surface area contributed by atoms with E-state index in [9.17, 15) is 18.3 Å². The van der Waals surface area contributed by atoms with E-state index >= 15 is 0 Å². The Hall–Kier alpha value is -1.60. The minimum atomic E-state index is -4.49. The molecule has 1 aromatic carbocycles. The lowest BCUT2D eigenvalue weighted by atomic mass is 10.1. The number of aryl methyl sites for hydroxylation is 1. The molecule has 1 aliphatic carbocycles. The molecule has 134 valence electrons. The normalized spacial score (nSPS) is 21.0. The highest BCUT2D eigenvalue weighted by Gasteiger charge is 2.35. The summed E-state index contributed by atoms with van der Waals surface area (Å²) in [6.07, 6.45) is -2.44. The van der Waals surface area contributed by atoms with Crippen molar-refractivity contribution in [1.29, 1.82) is 0 Å². The van der Waals surface area contributed by atoms with Crippen LogP contribution >= 0.6 is 0 Å². The fourth-order valence-corrected chi connectivity index (χ4v) is 2.94. The Morgan fingerprint density at radius 2 is 2.00 bits per heavy atom. The zero-order valence-corrected chi connectivity index (χ0v) is 14.1. The number of nitrogens with one attached hydrogen (secondary N) is 1. The summed E-state index contributed by atoms with van der Waals surface area (Å²) in [5.74, 6) is 0.205. The Kier molecular flexibility index (Phi) is 5.87. The number of halogens is 3. The lowest BCUT2D eigenvalue weighted by Gasteiger charge is -2.17. The van der Waals surface area contributed by atoms with Crippen molar-refractivity contribution in [3.05, 3.63) is 29.2 Å². The quantitative estimate of drug-likeness (QED) is 0.877. The minimum Gasteiger partial charge on any atom is -0.440 e. The third-order valence-corrected chi connectivity index (χ3v) is 4.01. The molecule has 0 bridgehead atoms. The molecule has 3 rings (SSSR count). The number of oxazole rings is 1. The van der Waals surface area contributed by atoms with Crippen LogP contribution in [-0.4, -0.2) is 22.2 Å². The summed E-state index contributed by atoms with van der Waals surface area (Å²) in [6.45, 7) is 5.78. The highest BCUT2D eigenvalue weighted by molar-refractivity contribution is 5.78. The number of hydrogen-bond donors (Lipinski definition) is 2. The van der Waals surface area contributed by atoms with E-state index in [2.05, 4.69) is 10.3 Å². The lowest BCUT2D eigenvalue weighted by molar-refractivity contribution is -0.136. The molecule has 0 spiro atoms. The van der Waals surface area contributed by atoms with Gasteiger partial charge >= 0.3 is 6.18 Å². The molecule has 0 aliphatic heterocycles. The molecule has 0 radical (unpaired) electrons. The molecule has 2 atom stereocenters. The van der Waals surface area contributed by atoms with Gasteiger partial charge in [0.1, 0.15) is 11.1 Å². The van der Waals surface area contributed by atoms with Crippen molar-refractivity contribution in [2.75, 3.05) is 0 Å². The first-order chi connectivity index (χ1) is 11.3. The van der Waals surface area contributed by atoms with Crippen molar-refractivity contribution in [3.63, 3.8) is 0 Å². The summed E-state index contributed by atoms with van der Waals surface area (Å²) in [5, 5.41) is 12.9. The van der Waals surface area contributed by atoms with E-state index in [0.717, 1.165) is 25.3 Å². The number of rotatable bonds is 3. The van der Waals surface area contributed by atoms with Crippen LogP contribution in [0, 0.1) is 6.92 Å². The summed E-state index contributed by atoms with van der Waals surface area (Å²) in [6, 6.07) is 2.61. The molecule has 7 heteroatoms. The molecule has 1 aromatic heterocycles. The number of benzene rings is 1. The molecule has 0 saturated heterocycles. The van der Waals surface area contributed by atoms with E-state index in [1.807, 2.05) is 13.8 Å². The van der Waals surface area contributed by atoms with Gasteiger partial charge in [-0.05, 0) is 37.0 Å². The Morgan fingerprint density at radius 1 is 1.29 bits per heavy atom. The molecule has 2 N–H and O–H groups in total. The maximum absolute atomic E-state index is 13.2. The molecule has 1 saturated carbocycles. The first kappa shape index (κ1) is 18.7. The van der Waals surface area contributed by atoms with E-state index in [1.54, 1.807) is 6.07 Å². The predicted molar refractivity (Wildman–Crippen MR) is 85.6 cm³/mol. The zero-order valence-electron chi connectivity index (χ0n) is 14.1. The van der Waals surface area contributed by atoms with Crippen LogP contribution in [0.2, 0.25) is 0 Å². The Balaban J connectivity index is 0.00000100. The molecule has 0 amide bonds. The van der Waals surface area contributed by atoms with E-state index < -0.39 is 17.8 Å². The van der Waals surface area contributed by atoms with Crippen molar-refractivity contribution >= 4 is 11.1 Å². The Labute approximate surface area is 139 Å². The van der Waals surface area contributed by atoms with Crippen molar-refractivity contribution < 1.29 is 22.7 Å². The van der Waals surface area contributed by atoms with Crippen molar-refractivity contribution in [2.45, 2.75) is 64.9 Å². The summed E-state index contributed by atoms with van der Waals surface area (Å²) in [7, 11) is 0. The number of aliphatic hydroxyl groups is 1. The summed E-state index contributed by atoms with van der Waals surface area (Å²) in [4.78, 5) is 4.00. The number of aromatic nitrogens is 1. The van der Waals surface area contributed by atoms with Crippen LogP contribution < -0.4 is 5.32 Å². The van der Waals surface area contributed by atoms with Gasteiger partial charge in [0.05, 0.1) is 6.10 Å². The van der Waals surface area contributed by atoms with Crippen molar-refractivity contribution in [2.24, 2.45) is 0 Å². The molecule has 24 heavy (non-hydrogen) atoms. The summed E-state index contributed by atoms with van der Waals surface area (Å²) in [5.41, 5.74) is -0.354. The van der Waals surface area contributed by atoms with Crippen LogP contribution in [0.5, 0.6) is 0 Å². The van der Waals surface area contributed by atoms with E-state index in [0.29, 0.717) is 5.56 Å². The zero-order chi connectivity index (χ0) is 17.9. The predicted octanol–water partition coefficient (Wildman–Crippen LogP) is 4.18. The summed E-state index contributed by atoms with van der Waals surface area (Å²) >= 11 is 0. The topological polar surface area (TPSA) is 58.3 Å². The van der Waals surface area contributed by atoms with Gasteiger partial charge in [-0.25, -0.2) is 4.98 Å². The highest BCUT2D eigenvalue weighted by Crippen LogP contribution is 2.36. The fourth-order valence-electron chi connectivity index (χ4n) is 2.94. The average Bonchev–Trinajstić information content (AvgIpc) is 3.09. The van der Waals surface area contributed by atoms with Crippen LogP contribution in [0.3, 0.4) is 0 Å². The SMILES string of the molecule is CC.Cc1nc2cc(CNC3CCCC3O)cc(C(F)(F)F)c2o1. The summed E-state index contributed by atoms with van der Waals surface area (Å²) < 4.78 is 44.6. The maximum atomic E-state index is 13.2. The maximum Gasteiger partial charge on any atom is 0.420 e. The van der Waals surface area contributed by atoms with E-state index in [-0.39, 0.29) is 29.6 Å². The van der Waals surface area contributed by atoms with Gasteiger partial charge in [0, 0.05) is 19.5 Å². The number of alkyl halides is 3. The number of nitrogens with zero attached hydrogens (tertiary/aromatic N) is 1. The van der Waals surface area contributed by atoms with Crippen LogP contribution in [0.25, 0.3) is 11.1 Å². The number of hydrogen-bond acceptors (Lipinski definition) is 4. The van der Waals surface area contributed by atoms with Gasteiger partial charge in [-0.1, -0.05) is 13.8 Å². The highest BCUT2D eigenvalue weighted by atomic mass is 19.4. The fraction of sp³-hybridized carbons (Fsp3) is 0.588. The van der Waals surface area contributed by atoms with E-state index in [1.165, 1.54) is 6.92 Å². The molecule has 1 aliphatic rings. The van der Waals surface area contributed by atoms with Crippen LogP contribution in [0.15, 0.2) is 16.5 Å². The second-order valence-electron chi connectivity index (χ2n) is 5.71. The van der Waals surface area contributed by atoms with Gasteiger partial charge in [0.15, 0.2) is 11.5 Å². The Bertz CT molecular complexity index is 682. The molecule has 1 heterocycles. The number of aliphatic hydroxyl groups excluding tert-OH is 1.